The van der Waals surface area contributed by atoms with Gasteiger partial charge in [-0.1, -0.05) is 6.07 Å². The normalized spacial score (nSPS) is 12.7. The van der Waals surface area contributed by atoms with E-state index in [9.17, 15) is 18.3 Å². The van der Waals surface area contributed by atoms with Crippen molar-refractivity contribution in [3.05, 3.63) is 52.9 Å². The van der Waals surface area contributed by atoms with Crippen LogP contribution in [0.4, 0.5) is 24.8 Å². The number of aliphatic hydroxyl groups excluding tert-OH is 2. The molecule has 1 unspecified atom stereocenters. The summed E-state index contributed by atoms with van der Waals surface area (Å²) in [4.78, 5) is 12.6. The number of anilines is 2. The minimum absolute atomic E-state index is 0.141. The Balaban J connectivity index is 1.75. The van der Waals surface area contributed by atoms with E-state index >= 15 is 0 Å². The summed E-state index contributed by atoms with van der Waals surface area (Å²) in [6.07, 6.45) is -2.60. The van der Waals surface area contributed by atoms with Crippen molar-refractivity contribution in [3.63, 3.8) is 0 Å². The molecule has 0 aliphatic heterocycles. The van der Waals surface area contributed by atoms with Gasteiger partial charge in [-0.15, -0.1) is 11.3 Å². The molecule has 3 aromatic rings. The number of aryl methyl sites for hydroxylation is 1. The highest BCUT2D eigenvalue weighted by molar-refractivity contribution is 7.15. The molecule has 0 amide bonds. The van der Waals surface area contributed by atoms with Crippen LogP contribution in [0.3, 0.4) is 0 Å². The quantitative estimate of drug-likeness (QED) is 0.428. The van der Waals surface area contributed by atoms with Crippen LogP contribution in [0.1, 0.15) is 16.3 Å². The summed E-state index contributed by atoms with van der Waals surface area (Å²) in [5.74, 6) is -0.141. The molecule has 4 N–H and O–H groups in total. The molecule has 11 heteroatoms. The fourth-order valence-corrected chi connectivity index (χ4v) is 3.51. The van der Waals surface area contributed by atoms with Crippen molar-refractivity contribution >= 4 is 23.0 Å². The topological polar surface area (TPSA) is 103 Å². The number of aromatic nitrogens is 3. The molecule has 3 rings (SSSR count). The van der Waals surface area contributed by atoms with Gasteiger partial charge in [0.25, 0.3) is 0 Å². The van der Waals surface area contributed by atoms with Gasteiger partial charge in [0.05, 0.1) is 17.6 Å². The van der Waals surface area contributed by atoms with E-state index in [-0.39, 0.29) is 19.1 Å². The molecule has 1 atom stereocenters. The standard InChI is InChI=1S/C19H20F3N5O2S/c1-11-4-12(15-8-25-17(30-15)9-23-7-14(29)10-28)6-13(5-11)26-18-24-3-2-16(27-18)19(20,21)22/h2-6,8,14,23,28-29H,7,9-10H2,1H3,(H,24,26,27). The maximum absolute atomic E-state index is 12.9. The third kappa shape index (κ3) is 5.95. The van der Waals surface area contributed by atoms with Crippen molar-refractivity contribution in [2.24, 2.45) is 0 Å². The van der Waals surface area contributed by atoms with E-state index in [1.807, 2.05) is 13.0 Å². The number of hydrogen-bond acceptors (Lipinski definition) is 8. The fourth-order valence-electron chi connectivity index (χ4n) is 2.64. The van der Waals surface area contributed by atoms with Crippen molar-refractivity contribution in [1.29, 1.82) is 0 Å². The van der Waals surface area contributed by atoms with Crippen molar-refractivity contribution < 1.29 is 23.4 Å². The number of thiazole rings is 1. The Morgan fingerprint density at radius 2 is 2.00 bits per heavy atom. The monoisotopic (exact) mass is 439 g/mol. The maximum atomic E-state index is 12.9. The number of benzene rings is 1. The van der Waals surface area contributed by atoms with Crippen molar-refractivity contribution in [2.75, 3.05) is 18.5 Å². The smallest absolute Gasteiger partial charge is 0.394 e. The SMILES string of the molecule is Cc1cc(Nc2nccc(C(F)(F)F)n2)cc(-c2cnc(CNCC(O)CO)s2)c1. The van der Waals surface area contributed by atoms with Crippen LogP contribution in [0.5, 0.6) is 0 Å². The first-order valence-corrected chi connectivity index (χ1v) is 9.80. The van der Waals surface area contributed by atoms with Crippen LogP contribution in [-0.2, 0) is 12.7 Å². The van der Waals surface area contributed by atoms with E-state index in [0.717, 1.165) is 33.3 Å². The minimum Gasteiger partial charge on any atom is -0.394 e. The third-order valence-corrected chi connectivity index (χ3v) is 5.03. The summed E-state index contributed by atoms with van der Waals surface area (Å²) in [6, 6.07) is 6.33. The second-order valence-electron chi connectivity index (χ2n) is 6.56. The Kier molecular flexibility index (Phi) is 6.98. The van der Waals surface area contributed by atoms with Crippen LogP contribution in [-0.4, -0.2) is 44.4 Å². The average molecular weight is 439 g/mol. The van der Waals surface area contributed by atoms with Gasteiger partial charge in [0.15, 0.2) is 0 Å². The molecule has 0 saturated carbocycles. The number of rotatable bonds is 8. The van der Waals surface area contributed by atoms with E-state index in [2.05, 4.69) is 25.6 Å². The summed E-state index contributed by atoms with van der Waals surface area (Å²) in [5.41, 5.74) is 1.30. The van der Waals surface area contributed by atoms with E-state index in [1.54, 1.807) is 18.3 Å². The van der Waals surface area contributed by atoms with Crippen LogP contribution in [0.25, 0.3) is 10.4 Å². The van der Waals surface area contributed by atoms with Gasteiger partial charge >= 0.3 is 6.18 Å². The fraction of sp³-hybridized carbons (Fsp3) is 0.316. The molecule has 160 valence electrons. The number of halogens is 3. The van der Waals surface area contributed by atoms with E-state index in [1.165, 1.54) is 11.3 Å². The van der Waals surface area contributed by atoms with Crippen LogP contribution >= 0.6 is 11.3 Å². The predicted octanol–water partition coefficient (Wildman–Crippen LogP) is 3.11. The Morgan fingerprint density at radius 3 is 2.73 bits per heavy atom. The Hall–Kier alpha value is -2.60. The van der Waals surface area contributed by atoms with Gasteiger partial charge in [-0.25, -0.2) is 15.0 Å². The molecule has 0 fully saturated rings. The predicted molar refractivity (Wildman–Crippen MR) is 107 cm³/mol. The molecule has 2 aromatic heterocycles. The lowest BCUT2D eigenvalue weighted by atomic mass is 10.1. The number of nitrogens with one attached hydrogen (secondary N) is 2. The molecule has 0 radical (unpaired) electrons. The Labute approximate surface area is 174 Å². The van der Waals surface area contributed by atoms with Gasteiger partial charge in [0.1, 0.15) is 10.7 Å². The van der Waals surface area contributed by atoms with E-state index in [0.29, 0.717) is 12.2 Å². The minimum atomic E-state index is -4.54. The van der Waals surface area contributed by atoms with Gasteiger partial charge in [0.2, 0.25) is 5.95 Å². The number of aliphatic hydroxyl groups is 2. The summed E-state index contributed by atoms with van der Waals surface area (Å²) in [6.45, 7) is 2.25. The van der Waals surface area contributed by atoms with E-state index < -0.39 is 18.0 Å². The Bertz CT molecular complexity index is 996. The van der Waals surface area contributed by atoms with Crippen LogP contribution in [0.15, 0.2) is 36.7 Å². The number of hydrogen-bond donors (Lipinski definition) is 4. The molecule has 0 saturated heterocycles. The zero-order chi connectivity index (χ0) is 21.7. The molecule has 7 nitrogen and oxygen atoms in total. The summed E-state index contributed by atoms with van der Waals surface area (Å²) < 4.78 is 38.6. The maximum Gasteiger partial charge on any atom is 0.433 e. The van der Waals surface area contributed by atoms with Crippen molar-refractivity contribution in [1.82, 2.24) is 20.3 Å². The van der Waals surface area contributed by atoms with Crippen LogP contribution in [0, 0.1) is 6.92 Å². The average Bonchev–Trinajstić information content (AvgIpc) is 3.16. The second-order valence-corrected chi connectivity index (χ2v) is 7.68. The first kappa shape index (κ1) is 22.1. The zero-order valence-electron chi connectivity index (χ0n) is 15.9. The Morgan fingerprint density at radius 1 is 1.20 bits per heavy atom. The van der Waals surface area contributed by atoms with Gasteiger partial charge in [-0.2, -0.15) is 13.2 Å². The molecule has 30 heavy (non-hydrogen) atoms. The number of alkyl halides is 3. The van der Waals surface area contributed by atoms with Gasteiger partial charge in [0, 0.05) is 31.2 Å². The van der Waals surface area contributed by atoms with Crippen molar-refractivity contribution in [2.45, 2.75) is 25.7 Å². The lowest BCUT2D eigenvalue weighted by molar-refractivity contribution is -0.141. The first-order valence-electron chi connectivity index (χ1n) is 8.98. The summed E-state index contributed by atoms with van der Waals surface area (Å²) >= 11 is 1.45. The van der Waals surface area contributed by atoms with Crippen LogP contribution in [0.2, 0.25) is 0 Å². The lowest BCUT2D eigenvalue weighted by Gasteiger charge is -2.10. The zero-order valence-corrected chi connectivity index (χ0v) is 16.8. The lowest BCUT2D eigenvalue weighted by Crippen LogP contribution is -2.28. The molecule has 0 aliphatic rings. The molecular weight excluding hydrogens is 419 g/mol. The first-order chi connectivity index (χ1) is 14.2. The second kappa shape index (κ2) is 9.47. The highest BCUT2D eigenvalue weighted by atomic mass is 32.1. The molecule has 2 heterocycles. The molecule has 1 aromatic carbocycles. The summed E-state index contributed by atoms with van der Waals surface area (Å²) in [5, 5.41) is 24.8. The largest absolute Gasteiger partial charge is 0.433 e. The van der Waals surface area contributed by atoms with Gasteiger partial charge < -0.3 is 20.8 Å². The summed E-state index contributed by atoms with van der Waals surface area (Å²) in [7, 11) is 0. The highest BCUT2D eigenvalue weighted by Crippen LogP contribution is 2.31. The van der Waals surface area contributed by atoms with Crippen LogP contribution < -0.4 is 10.6 Å². The highest BCUT2D eigenvalue weighted by Gasteiger charge is 2.32. The van der Waals surface area contributed by atoms with Gasteiger partial charge in [-0.3, -0.25) is 0 Å². The van der Waals surface area contributed by atoms with Crippen molar-refractivity contribution in [3.8, 4) is 10.4 Å². The molecular formula is C19H20F3N5O2S. The van der Waals surface area contributed by atoms with E-state index in [4.69, 9.17) is 5.11 Å². The molecule has 0 spiro atoms. The molecule has 0 aliphatic carbocycles. The number of nitrogens with zero attached hydrogens (tertiary/aromatic N) is 3. The third-order valence-electron chi connectivity index (χ3n) is 3.98. The molecule has 0 bridgehead atoms. The van der Waals surface area contributed by atoms with Gasteiger partial charge in [-0.05, 0) is 36.2 Å².